The number of hydrogen-bond donors (Lipinski definition) is 0. The first-order valence-electron chi connectivity index (χ1n) is 7.80. The SMILES string of the molecule is CC[Si]1(CC)OCc2ccccc2N=Cc2ccccc2O1. The highest BCUT2D eigenvalue weighted by atomic mass is 28.4. The van der Waals surface area contributed by atoms with Crippen molar-refractivity contribution in [3.05, 3.63) is 59.7 Å². The van der Waals surface area contributed by atoms with Crippen LogP contribution in [0.15, 0.2) is 53.5 Å². The van der Waals surface area contributed by atoms with Crippen LogP contribution in [-0.4, -0.2) is 14.8 Å². The zero-order chi connectivity index (χ0) is 15.4. The summed E-state index contributed by atoms with van der Waals surface area (Å²) < 4.78 is 12.7. The van der Waals surface area contributed by atoms with E-state index in [1.807, 2.05) is 48.7 Å². The average Bonchev–Trinajstić information content (AvgIpc) is 2.58. The molecule has 22 heavy (non-hydrogen) atoms. The molecular weight excluding hydrogens is 290 g/mol. The molecule has 0 fully saturated rings. The molecule has 0 spiro atoms. The summed E-state index contributed by atoms with van der Waals surface area (Å²) in [4.78, 5) is 4.62. The Bertz CT molecular complexity index is 680. The number of nitrogens with zero attached hydrogens (tertiary/aromatic N) is 1. The zero-order valence-corrected chi connectivity index (χ0v) is 14.1. The van der Waals surface area contributed by atoms with Crippen LogP contribution >= 0.6 is 0 Å². The molecule has 0 radical (unpaired) electrons. The molecule has 114 valence electrons. The molecule has 1 heterocycles. The first-order valence-corrected chi connectivity index (χ1v) is 10.0. The van der Waals surface area contributed by atoms with Crippen LogP contribution in [0.1, 0.15) is 25.0 Å². The monoisotopic (exact) mass is 311 g/mol. The smallest absolute Gasteiger partial charge is 0.398 e. The van der Waals surface area contributed by atoms with Gasteiger partial charge < -0.3 is 8.85 Å². The summed E-state index contributed by atoms with van der Waals surface area (Å²) in [5, 5.41) is 0. The fraction of sp³-hybridized carbons (Fsp3) is 0.278. The predicted molar refractivity (Wildman–Crippen MR) is 92.3 cm³/mol. The van der Waals surface area contributed by atoms with Gasteiger partial charge in [0, 0.05) is 17.3 Å². The second-order valence-corrected chi connectivity index (χ2v) is 9.16. The van der Waals surface area contributed by atoms with Crippen LogP contribution in [0.3, 0.4) is 0 Å². The Morgan fingerprint density at radius 1 is 1.00 bits per heavy atom. The molecule has 0 bridgehead atoms. The molecule has 4 heteroatoms. The van der Waals surface area contributed by atoms with Crippen LogP contribution in [0, 0.1) is 0 Å². The van der Waals surface area contributed by atoms with Crippen LogP contribution in [0.25, 0.3) is 0 Å². The Morgan fingerprint density at radius 2 is 1.73 bits per heavy atom. The third-order valence-corrected chi connectivity index (χ3v) is 7.53. The van der Waals surface area contributed by atoms with Crippen LogP contribution < -0.4 is 4.43 Å². The molecule has 1 aliphatic rings. The topological polar surface area (TPSA) is 30.8 Å². The molecule has 2 aromatic carbocycles. The summed E-state index contributed by atoms with van der Waals surface area (Å²) in [5.41, 5.74) is 3.08. The maximum atomic E-state index is 6.40. The minimum absolute atomic E-state index is 0.559. The summed E-state index contributed by atoms with van der Waals surface area (Å²) in [7, 11) is -2.25. The second-order valence-electron chi connectivity index (χ2n) is 5.43. The van der Waals surface area contributed by atoms with Crippen molar-refractivity contribution < 1.29 is 8.85 Å². The van der Waals surface area contributed by atoms with Crippen molar-refractivity contribution in [2.45, 2.75) is 32.5 Å². The normalized spacial score (nSPS) is 16.3. The number of rotatable bonds is 2. The highest BCUT2D eigenvalue weighted by Gasteiger charge is 2.36. The van der Waals surface area contributed by atoms with Gasteiger partial charge in [0.2, 0.25) is 0 Å². The quantitative estimate of drug-likeness (QED) is 0.744. The Balaban J connectivity index is 2.11. The highest BCUT2D eigenvalue weighted by Crippen LogP contribution is 2.30. The molecule has 0 atom stereocenters. The maximum Gasteiger partial charge on any atom is 0.398 e. The molecular formula is C18H21NO2Si. The van der Waals surface area contributed by atoms with Crippen LogP contribution in [-0.2, 0) is 11.0 Å². The van der Waals surface area contributed by atoms with Crippen LogP contribution in [0.4, 0.5) is 5.69 Å². The van der Waals surface area contributed by atoms with Crippen molar-refractivity contribution >= 4 is 20.5 Å². The van der Waals surface area contributed by atoms with Gasteiger partial charge in [-0.3, -0.25) is 4.99 Å². The van der Waals surface area contributed by atoms with Crippen molar-refractivity contribution in [2.75, 3.05) is 0 Å². The van der Waals surface area contributed by atoms with Gasteiger partial charge in [0.1, 0.15) is 5.75 Å². The first kappa shape index (κ1) is 15.0. The summed E-state index contributed by atoms with van der Waals surface area (Å²) in [5.74, 6) is 0.876. The van der Waals surface area contributed by atoms with E-state index in [0.717, 1.165) is 34.7 Å². The number of benzene rings is 2. The summed E-state index contributed by atoms with van der Waals surface area (Å²) in [6.07, 6.45) is 1.89. The number of para-hydroxylation sites is 2. The minimum atomic E-state index is -2.25. The fourth-order valence-electron chi connectivity index (χ4n) is 2.62. The van der Waals surface area contributed by atoms with Gasteiger partial charge in [-0.25, -0.2) is 0 Å². The first-order chi connectivity index (χ1) is 10.8. The maximum absolute atomic E-state index is 6.40. The van der Waals surface area contributed by atoms with Crippen molar-refractivity contribution in [1.29, 1.82) is 0 Å². The summed E-state index contributed by atoms with van der Waals surface area (Å²) in [6.45, 7) is 4.87. The molecule has 1 aliphatic heterocycles. The minimum Gasteiger partial charge on any atom is -0.519 e. The zero-order valence-electron chi connectivity index (χ0n) is 13.1. The Kier molecular flexibility index (Phi) is 4.41. The van der Waals surface area contributed by atoms with E-state index in [9.17, 15) is 0 Å². The van der Waals surface area contributed by atoms with Crippen LogP contribution in [0.5, 0.6) is 5.75 Å². The number of fused-ring (bicyclic) bond motifs is 2. The highest BCUT2D eigenvalue weighted by molar-refractivity contribution is 6.68. The van der Waals surface area contributed by atoms with Crippen molar-refractivity contribution in [2.24, 2.45) is 4.99 Å². The van der Waals surface area contributed by atoms with Crippen molar-refractivity contribution in [1.82, 2.24) is 0 Å². The van der Waals surface area contributed by atoms with E-state index in [0.29, 0.717) is 6.61 Å². The largest absolute Gasteiger partial charge is 0.519 e. The van der Waals surface area contributed by atoms with Gasteiger partial charge in [0.15, 0.2) is 0 Å². The van der Waals surface area contributed by atoms with E-state index in [-0.39, 0.29) is 0 Å². The van der Waals surface area contributed by atoms with Gasteiger partial charge in [-0.15, -0.1) is 0 Å². The Hall–Kier alpha value is -1.91. The van der Waals surface area contributed by atoms with Gasteiger partial charge in [-0.05, 0) is 30.3 Å². The van der Waals surface area contributed by atoms with E-state index in [1.165, 1.54) is 0 Å². The van der Waals surface area contributed by atoms with Crippen molar-refractivity contribution in [3.8, 4) is 5.75 Å². The second kappa shape index (κ2) is 6.46. The lowest BCUT2D eigenvalue weighted by atomic mass is 10.2. The van der Waals surface area contributed by atoms with Gasteiger partial charge >= 0.3 is 8.56 Å². The number of aliphatic imine (C=N–C) groups is 1. The standard InChI is InChI=1S/C18H21NO2Si/c1-3-22(4-2)20-14-16-10-5-7-11-17(16)19-13-15-9-6-8-12-18(15)21-22/h5-13H,3-4,14H2,1-2H3. The molecule has 3 rings (SSSR count). The molecule has 0 saturated heterocycles. The van der Waals surface area contributed by atoms with E-state index >= 15 is 0 Å². The average molecular weight is 311 g/mol. The van der Waals surface area contributed by atoms with E-state index in [1.54, 1.807) is 0 Å². The summed E-state index contributed by atoms with van der Waals surface area (Å²) >= 11 is 0. The molecule has 0 aromatic heterocycles. The van der Waals surface area contributed by atoms with E-state index < -0.39 is 8.56 Å². The molecule has 2 aromatic rings. The van der Waals surface area contributed by atoms with Gasteiger partial charge in [-0.1, -0.05) is 44.2 Å². The lowest BCUT2D eigenvalue weighted by Gasteiger charge is -2.30. The molecule has 0 saturated carbocycles. The molecule has 3 nitrogen and oxygen atoms in total. The summed E-state index contributed by atoms with van der Waals surface area (Å²) in [6, 6.07) is 18.0. The molecule has 0 unspecified atom stereocenters. The molecule has 0 N–H and O–H groups in total. The fourth-order valence-corrected chi connectivity index (χ4v) is 4.88. The third-order valence-electron chi connectivity index (χ3n) is 4.12. The van der Waals surface area contributed by atoms with Crippen LogP contribution in [0.2, 0.25) is 12.1 Å². The Morgan fingerprint density at radius 3 is 2.55 bits per heavy atom. The van der Waals surface area contributed by atoms with E-state index in [2.05, 4.69) is 24.9 Å². The lowest BCUT2D eigenvalue weighted by Crippen LogP contribution is -2.44. The molecule has 0 amide bonds. The number of hydrogen-bond acceptors (Lipinski definition) is 3. The molecule has 0 aliphatic carbocycles. The third kappa shape index (κ3) is 2.98. The predicted octanol–water partition coefficient (Wildman–Crippen LogP) is 4.83. The van der Waals surface area contributed by atoms with Crippen molar-refractivity contribution in [3.63, 3.8) is 0 Å². The van der Waals surface area contributed by atoms with Gasteiger partial charge in [-0.2, -0.15) is 0 Å². The van der Waals surface area contributed by atoms with E-state index in [4.69, 9.17) is 8.85 Å². The van der Waals surface area contributed by atoms with Gasteiger partial charge in [0.05, 0.1) is 12.3 Å². The van der Waals surface area contributed by atoms with Gasteiger partial charge in [0.25, 0.3) is 0 Å². The Labute approximate surface area is 132 Å². The lowest BCUT2D eigenvalue weighted by molar-refractivity contribution is 0.227.